The summed E-state index contributed by atoms with van der Waals surface area (Å²) in [5.41, 5.74) is 2.13. The minimum absolute atomic E-state index is 0.0657. The first-order chi connectivity index (χ1) is 13.9. The number of hydrogen-bond acceptors (Lipinski definition) is 3. The zero-order valence-corrected chi connectivity index (χ0v) is 16.2. The first-order valence-electron chi connectivity index (χ1n) is 9.19. The van der Waals surface area contributed by atoms with Gasteiger partial charge in [-0.15, -0.1) is 0 Å². The van der Waals surface area contributed by atoms with Gasteiger partial charge in [-0.05, 0) is 29.8 Å². The van der Waals surface area contributed by atoms with E-state index in [1.807, 2.05) is 30.5 Å². The zero-order chi connectivity index (χ0) is 20.4. The number of hydrogen-bond donors (Lipinski definition) is 1. The molecule has 2 heterocycles. The molecule has 1 aliphatic rings. The number of ether oxygens (including phenoxy) is 1. The van der Waals surface area contributed by atoms with E-state index in [2.05, 4.69) is 14.9 Å². The summed E-state index contributed by atoms with van der Waals surface area (Å²) in [6.07, 6.45) is -2.56. The summed E-state index contributed by atoms with van der Waals surface area (Å²) in [5.74, 6) is 0.860. The lowest BCUT2D eigenvalue weighted by Crippen LogP contribution is -2.36. The predicted octanol–water partition coefficient (Wildman–Crippen LogP) is 4.91. The van der Waals surface area contributed by atoms with Crippen molar-refractivity contribution in [3.8, 4) is 11.3 Å². The highest BCUT2D eigenvalue weighted by molar-refractivity contribution is 6.30. The number of nitrogens with zero attached hydrogens (tertiary/aromatic N) is 2. The van der Waals surface area contributed by atoms with E-state index in [9.17, 15) is 13.2 Å². The van der Waals surface area contributed by atoms with Crippen molar-refractivity contribution in [2.24, 2.45) is 0 Å². The Bertz CT molecular complexity index is 986. The van der Waals surface area contributed by atoms with Crippen LogP contribution in [0.3, 0.4) is 0 Å². The van der Waals surface area contributed by atoms with Crippen LogP contribution < -0.4 is 5.32 Å². The molecule has 29 heavy (non-hydrogen) atoms. The standard InChI is InChI=1S/C21H19ClF3N3O/c22-17-3-1-2-15(8-17)19-11-27-20-13-29-18(12-28(19)20)10-26-9-14-4-6-16(7-5-14)21(23,24)25/h1-8,11,18,26H,9-10,12-13H2/t18-/m0/s1. The molecule has 0 bridgehead atoms. The first-order valence-corrected chi connectivity index (χ1v) is 9.57. The summed E-state index contributed by atoms with van der Waals surface area (Å²) >= 11 is 6.11. The maximum absolute atomic E-state index is 12.6. The minimum Gasteiger partial charge on any atom is -0.367 e. The normalized spacial score (nSPS) is 16.6. The van der Waals surface area contributed by atoms with E-state index in [1.165, 1.54) is 12.1 Å². The summed E-state index contributed by atoms with van der Waals surface area (Å²) < 4.78 is 45.9. The average Bonchev–Trinajstić information content (AvgIpc) is 3.11. The van der Waals surface area contributed by atoms with E-state index in [4.69, 9.17) is 16.3 Å². The zero-order valence-electron chi connectivity index (χ0n) is 15.4. The maximum atomic E-state index is 12.6. The van der Waals surface area contributed by atoms with E-state index in [-0.39, 0.29) is 6.10 Å². The lowest BCUT2D eigenvalue weighted by molar-refractivity contribution is -0.137. The van der Waals surface area contributed by atoms with Crippen molar-refractivity contribution in [3.63, 3.8) is 0 Å². The maximum Gasteiger partial charge on any atom is 0.416 e. The molecule has 3 aromatic rings. The summed E-state index contributed by atoms with van der Waals surface area (Å²) in [6, 6.07) is 12.8. The van der Waals surface area contributed by atoms with Crippen molar-refractivity contribution in [3.05, 3.63) is 76.7 Å². The Balaban J connectivity index is 1.36. The Labute approximate surface area is 171 Å². The molecule has 0 amide bonds. The summed E-state index contributed by atoms with van der Waals surface area (Å²) in [6.45, 7) is 2.09. The van der Waals surface area contributed by atoms with Crippen molar-refractivity contribution < 1.29 is 17.9 Å². The molecular weight excluding hydrogens is 403 g/mol. The summed E-state index contributed by atoms with van der Waals surface area (Å²) in [7, 11) is 0. The lowest BCUT2D eigenvalue weighted by atomic mass is 10.1. The average molecular weight is 422 g/mol. The van der Waals surface area contributed by atoms with Gasteiger partial charge in [-0.1, -0.05) is 35.9 Å². The van der Waals surface area contributed by atoms with Gasteiger partial charge in [0.1, 0.15) is 12.4 Å². The molecule has 2 aromatic carbocycles. The molecule has 0 aliphatic carbocycles. The highest BCUT2D eigenvalue weighted by atomic mass is 35.5. The van der Waals surface area contributed by atoms with Crippen LogP contribution in [0.2, 0.25) is 5.02 Å². The van der Waals surface area contributed by atoms with Gasteiger partial charge < -0.3 is 14.6 Å². The largest absolute Gasteiger partial charge is 0.416 e. The van der Waals surface area contributed by atoms with Gasteiger partial charge >= 0.3 is 6.18 Å². The number of alkyl halides is 3. The van der Waals surface area contributed by atoms with Crippen LogP contribution in [0.1, 0.15) is 17.0 Å². The highest BCUT2D eigenvalue weighted by Crippen LogP contribution is 2.29. The third-order valence-corrected chi connectivity index (χ3v) is 5.11. The fourth-order valence-corrected chi connectivity index (χ4v) is 3.56. The van der Waals surface area contributed by atoms with Gasteiger partial charge in [-0.3, -0.25) is 0 Å². The fraction of sp³-hybridized carbons (Fsp3) is 0.286. The predicted molar refractivity (Wildman–Crippen MR) is 104 cm³/mol. The monoisotopic (exact) mass is 421 g/mol. The molecule has 0 saturated carbocycles. The van der Waals surface area contributed by atoms with Crippen LogP contribution in [0.25, 0.3) is 11.3 Å². The van der Waals surface area contributed by atoms with Crippen LogP contribution in [0.15, 0.2) is 54.7 Å². The quantitative estimate of drug-likeness (QED) is 0.636. The second-order valence-corrected chi connectivity index (χ2v) is 7.38. The van der Waals surface area contributed by atoms with Gasteiger partial charge in [0, 0.05) is 23.7 Å². The van der Waals surface area contributed by atoms with Gasteiger partial charge in [-0.25, -0.2) is 4.98 Å². The van der Waals surface area contributed by atoms with E-state index in [1.54, 1.807) is 0 Å². The molecule has 1 N–H and O–H groups in total. The molecule has 0 unspecified atom stereocenters. The second kappa shape index (κ2) is 8.18. The van der Waals surface area contributed by atoms with Gasteiger partial charge in [0.2, 0.25) is 0 Å². The summed E-state index contributed by atoms with van der Waals surface area (Å²) in [4.78, 5) is 4.44. The number of benzene rings is 2. The first kappa shape index (κ1) is 19.9. The smallest absolute Gasteiger partial charge is 0.367 e. The number of imidazole rings is 1. The van der Waals surface area contributed by atoms with Crippen LogP contribution in [-0.2, 0) is 30.6 Å². The lowest BCUT2D eigenvalue weighted by Gasteiger charge is -2.26. The number of rotatable bonds is 5. The molecule has 0 saturated heterocycles. The molecule has 0 fully saturated rings. The van der Waals surface area contributed by atoms with Gasteiger partial charge in [-0.2, -0.15) is 13.2 Å². The molecule has 1 aliphatic heterocycles. The third-order valence-electron chi connectivity index (χ3n) is 4.88. The number of nitrogens with one attached hydrogen (secondary N) is 1. The van der Waals surface area contributed by atoms with Crippen LogP contribution in [-0.4, -0.2) is 22.2 Å². The molecule has 1 aromatic heterocycles. The number of fused-ring (bicyclic) bond motifs is 1. The van der Waals surface area contributed by atoms with E-state index in [0.29, 0.717) is 31.3 Å². The highest BCUT2D eigenvalue weighted by Gasteiger charge is 2.30. The Morgan fingerprint density at radius 2 is 1.97 bits per heavy atom. The fourth-order valence-electron chi connectivity index (χ4n) is 3.37. The molecule has 1 atom stereocenters. The van der Waals surface area contributed by atoms with Crippen LogP contribution >= 0.6 is 11.6 Å². The molecule has 4 nitrogen and oxygen atoms in total. The van der Waals surface area contributed by atoms with E-state index < -0.39 is 11.7 Å². The molecule has 0 spiro atoms. The Kier molecular flexibility index (Phi) is 5.63. The Hall–Kier alpha value is -2.35. The molecule has 0 radical (unpaired) electrons. The summed E-state index contributed by atoms with van der Waals surface area (Å²) in [5, 5.41) is 3.93. The van der Waals surface area contributed by atoms with Crippen molar-refractivity contribution in [2.45, 2.75) is 32.0 Å². The minimum atomic E-state index is -4.31. The molecule has 8 heteroatoms. The van der Waals surface area contributed by atoms with Gasteiger partial charge in [0.15, 0.2) is 0 Å². The SMILES string of the molecule is FC(F)(F)c1ccc(CNC[C@H]2Cn3c(-c4cccc(Cl)c4)cnc3CO2)cc1. The third kappa shape index (κ3) is 4.63. The molecule has 4 rings (SSSR count). The Morgan fingerprint density at radius 1 is 1.17 bits per heavy atom. The van der Waals surface area contributed by atoms with Crippen molar-refractivity contribution >= 4 is 11.6 Å². The van der Waals surface area contributed by atoms with Crippen molar-refractivity contribution in [1.82, 2.24) is 14.9 Å². The topological polar surface area (TPSA) is 39.1 Å². The molecular formula is C21H19ClF3N3O. The van der Waals surface area contributed by atoms with E-state index in [0.717, 1.165) is 34.8 Å². The van der Waals surface area contributed by atoms with Crippen LogP contribution in [0.5, 0.6) is 0 Å². The Morgan fingerprint density at radius 3 is 2.69 bits per heavy atom. The molecule has 152 valence electrons. The van der Waals surface area contributed by atoms with E-state index >= 15 is 0 Å². The van der Waals surface area contributed by atoms with Crippen molar-refractivity contribution in [1.29, 1.82) is 0 Å². The van der Waals surface area contributed by atoms with Crippen molar-refractivity contribution in [2.75, 3.05) is 6.54 Å². The van der Waals surface area contributed by atoms with Crippen LogP contribution in [0.4, 0.5) is 13.2 Å². The number of aromatic nitrogens is 2. The van der Waals surface area contributed by atoms with Gasteiger partial charge in [0.05, 0.1) is 30.1 Å². The second-order valence-electron chi connectivity index (χ2n) is 6.94. The van der Waals surface area contributed by atoms with Gasteiger partial charge in [0.25, 0.3) is 0 Å². The number of halogens is 4. The van der Waals surface area contributed by atoms with Crippen LogP contribution in [0, 0.1) is 0 Å².